The molecule has 0 amide bonds. The molecule has 0 aromatic heterocycles. The number of ether oxygens (including phenoxy) is 1. The topological polar surface area (TPSA) is 71.0 Å². The van der Waals surface area contributed by atoms with Gasteiger partial charge in [-0.1, -0.05) is 30.3 Å². The molecule has 1 fully saturated rings. The lowest BCUT2D eigenvalue weighted by atomic mass is 10.1. The van der Waals surface area contributed by atoms with Gasteiger partial charge in [-0.15, -0.1) is 0 Å². The van der Waals surface area contributed by atoms with Gasteiger partial charge in [0.25, 0.3) is 0 Å². The smallest absolute Gasteiger partial charge is 0.193 e. The molecule has 0 radical (unpaired) electrons. The van der Waals surface area contributed by atoms with Crippen LogP contribution in [-0.2, 0) is 21.2 Å². The lowest BCUT2D eigenvalue weighted by molar-refractivity contribution is 0.0907. The zero-order chi connectivity index (χ0) is 20.6. The van der Waals surface area contributed by atoms with Crippen LogP contribution in [0.15, 0.2) is 35.3 Å². The molecule has 0 saturated carbocycles. The average Bonchev–Trinajstić information content (AvgIpc) is 3.09. The third-order valence-corrected chi connectivity index (χ3v) is 7.53. The Bertz CT molecular complexity index is 727. The van der Waals surface area contributed by atoms with Crippen molar-refractivity contribution in [2.75, 3.05) is 38.5 Å². The highest BCUT2D eigenvalue weighted by Gasteiger charge is 2.29. The fourth-order valence-electron chi connectivity index (χ4n) is 3.08. The van der Waals surface area contributed by atoms with Crippen LogP contribution in [0.25, 0.3) is 0 Å². The fourth-order valence-corrected chi connectivity index (χ4v) is 4.03. The maximum atomic E-state index is 12.3. The summed E-state index contributed by atoms with van der Waals surface area (Å²) >= 11 is 0. The second-order valence-corrected chi connectivity index (χ2v) is 11.1. The van der Waals surface area contributed by atoms with Crippen molar-refractivity contribution < 1.29 is 13.2 Å². The summed E-state index contributed by atoms with van der Waals surface area (Å²) in [6.07, 6.45) is 1.06. The number of guanidine groups is 1. The minimum atomic E-state index is -3.15. The van der Waals surface area contributed by atoms with E-state index in [-0.39, 0.29) is 12.3 Å². The van der Waals surface area contributed by atoms with E-state index in [0.717, 1.165) is 38.6 Å². The first-order valence-electron chi connectivity index (χ1n) is 10.1. The largest absolute Gasteiger partial charge is 0.376 e. The first-order chi connectivity index (χ1) is 13.2. The summed E-state index contributed by atoms with van der Waals surface area (Å²) < 4.78 is 29.7. The highest BCUT2D eigenvalue weighted by molar-refractivity contribution is 7.92. The van der Waals surface area contributed by atoms with E-state index in [9.17, 15) is 8.42 Å². The number of sulfone groups is 1. The summed E-state index contributed by atoms with van der Waals surface area (Å²) in [4.78, 5) is 6.78. The van der Waals surface area contributed by atoms with E-state index in [0.29, 0.717) is 12.5 Å². The fraction of sp³-hybridized carbons (Fsp3) is 0.667. The van der Waals surface area contributed by atoms with Gasteiger partial charge in [0.1, 0.15) is 0 Å². The van der Waals surface area contributed by atoms with Crippen LogP contribution in [0, 0.1) is 5.92 Å². The molecule has 1 aromatic carbocycles. The molecule has 28 heavy (non-hydrogen) atoms. The van der Waals surface area contributed by atoms with Crippen molar-refractivity contribution >= 4 is 15.8 Å². The van der Waals surface area contributed by atoms with Gasteiger partial charge in [-0.2, -0.15) is 0 Å². The van der Waals surface area contributed by atoms with Crippen LogP contribution < -0.4 is 5.32 Å². The van der Waals surface area contributed by atoms with E-state index in [1.54, 1.807) is 20.8 Å². The van der Waals surface area contributed by atoms with Crippen molar-refractivity contribution in [3.63, 3.8) is 0 Å². The minimum Gasteiger partial charge on any atom is -0.376 e. The Morgan fingerprint density at radius 2 is 2.00 bits per heavy atom. The van der Waals surface area contributed by atoms with Crippen molar-refractivity contribution in [2.24, 2.45) is 10.9 Å². The number of aliphatic imine (C=N–C) groups is 1. The van der Waals surface area contributed by atoms with Crippen molar-refractivity contribution in [3.8, 4) is 0 Å². The van der Waals surface area contributed by atoms with Gasteiger partial charge < -0.3 is 15.0 Å². The molecule has 0 aliphatic carbocycles. The van der Waals surface area contributed by atoms with Crippen LogP contribution in [0.3, 0.4) is 0 Å². The standard InChI is InChI=1S/C21H35N3O3S/c1-5-22-20(23-12-14-28(25,26)21(2,3)4)24-13-11-19(15-24)17-27-16-18-9-7-6-8-10-18/h6-10,19H,5,11-17H2,1-4H3,(H,22,23). The highest BCUT2D eigenvalue weighted by Crippen LogP contribution is 2.18. The molecule has 1 N–H and O–H groups in total. The van der Waals surface area contributed by atoms with E-state index in [2.05, 4.69) is 27.3 Å². The summed E-state index contributed by atoms with van der Waals surface area (Å²) in [7, 11) is -3.15. The van der Waals surface area contributed by atoms with Crippen LogP contribution in [0.2, 0.25) is 0 Å². The first kappa shape index (κ1) is 22.7. The number of rotatable bonds is 8. The zero-order valence-corrected chi connectivity index (χ0v) is 18.5. The van der Waals surface area contributed by atoms with E-state index in [1.165, 1.54) is 5.56 Å². The maximum Gasteiger partial charge on any atom is 0.193 e. The summed E-state index contributed by atoms with van der Waals surface area (Å²) in [5.41, 5.74) is 1.19. The second kappa shape index (κ2) is 10.3. The molecule has 6 nitrogen and oxygen atoms in total. The normalized spacial score (nSPS) is 18.5. The molecule has 1 aliphatic heterocycles. The highest BCUT2D eigenvalue weighted by atomic mass is 32.2. The van der Waals surface area contributed by atoms with Crippen LogP contribution >= 0.6 is 0 Å². The predicted octanol–water partition coefficient (Wildman–Crippen LogP) is 2.70. The Balaban J connectivity index is 1.83. The van der Waals surface area contributed by atoms with Crippen LogP contribution in [0.1, 0.15) is 39.7 Å². The zero-order valence-electron chi connectivity index (χ0n) is 17.6. The summed E-state index contributed by atoms with van der Waals surface area (Å²) in [5, 5.41) is 3.29. The number of likely N-dealkylation sites (tertiary alicyclic amines) is 1. The summed E-state index contributed by atoms with van der Waals surface area (Å²) in [6, 6.07) is 10.2. The summed E-state index contributed by atoms with van der Waals surface area (Å²) in [6.45, 7) is 11.4. The van der Waals surface area contributed by atoms with Crippen LogP contribution in [0.4, 0.5) is 0 Å². The Labute approximate surface area is 170 Å². The van der Waals surface area contributed by atoms with Gasteiger partial charge in [0, 0.05) is 25.6 Å². The Hall–Kier alpha value is -1.60. The van der Waals surface area contributed by atoms with Gasteiger partial charge in [0.2, 0.25) is 0 Å². The van der Waals surface area contributed by atoms with E-state index < -0.39 is 14.6 Å². The minimum absolute atomic E-state index is 0.0723. The lowest BCUT2D eigenvalue weighted by Crippen LogP contribution is -2.41. The van der Waals surface area contributed by atoms with Gasteiger partial charge in [-0.25, -0.2) is 8.42 Å². The molecule has 1 heterocycles. The Morgan fingerprint density at radius 3 is 2.64 bits per heavy atom. The molecule has 7 heteroatoms. The third-order valence-electron chi connectivity index (χ3n) is 4.94. The molecule has 1 unspecified atom stereocenters. The van der Waals surface area contributed by atoms with Crippen LogP contribution in [-0.4, -0.2) is 62.6 Å². The summed E-state index contributed by atoms with van der Waals surface area (Å²) in [5.74, 6) is 1.34. The third kappa shape index (κ3) is 6.78. The van der Waals surface area contributed by atoms with Crippen molar-refractivity contribution in [1.82, 2.24) is 10.2 Å². The molecule has 158 valence electrons. The molecule has 1 atom stereocenters. The molecular weight excluding hydrogens is 374 g/mol. The number of benzene rings is 1. The number of hydrogen-bond donors (Lipinski definition) is 1. The first-order valence-corrected chi connectivity index (χ1v) is 11.8. The number of nitrogens with one attached hydrogen (secondary N) is 1. The van der Waals surface area contributed by atoms with Crippen molar-refractivity contribution in [1.29, 1.82) is 0 Å². The number of hydrogen-bond acceptors (Lipinski definition) is 4. The van der Waals surface area contributed by atoms with Crippen LogP contribution in [0.5, 0.6) is 0 Å². The maximum absolute atomic E-state index is 12.3. The van der Waals surface area contributed by atoms with E-state index in [4.69, 9.17) is 4.74 Å². The average molecular weight is 410 g/mol. The van der Waals surface area contributed by atoms with Gasteiger partial charge in [-0.3, -0.25) is 4.99 Å². The molecular formula is C21H35N3O3S. The van der Waals surface area contributed by atoms with Crippen molar-refractivity contribution in [3.05, 3.63) is 35.9 Å². The quantitative estimate of drug-likeness (QED) is 0.528. The SMILES string of the molecule is CCNC(=NCCS(=O)(=O)C(C)(C)C)N1CCC(COCc2ccccc2)C1. The number of nitrogens with zero attached hydrogens (tertiary/aromatic N) is 2. The predicted molar refractivity (Wildman–Crippen MR) is 115 cm³/mol. The van der Waals surface area contributed by atoms with Gasteiger partial charge in [-0.05, 0) is 39.7 Å². The molecule has 1 aliphatic rings. The Morgan fingerprint density at radius 1 is 1.29 bits per heavy atom. The molecule has 2 rings (SSSR count). The van der Waals surface area contributed by atoms with Gasteiger partial charge >= 0.3 is 0 Å². The Kier molecular flexibility index (Phi) is 8.31. The molecule has 1 saturated heterocycles. The van der Waals surface area contributed by atoms with Crippen molar-refractivity contribution in [2.45, 2.75) is 45.5 Å². The monoisotopic (exact) mass is 409 g/mol. The molecule has 1 aromatic rings. The van der Waals surface area contributed by atoms with Gasteiger partial charge in [0.05, 0.1) is 30.3 Å². The van der Waals surface area contributed by atoms with Gasteiger partial charge in [0.15, 0.2) is 15.8 Å². The lowest BCUT2D eigenvalue weighted by Gasteiger charge is -2.22. The van der Waals surface area contributed by atoms with E-state index >= 15 is 0 Å². The molecule has 0 spiro atoms. The second-order valence-electron chi connectivity index (χ2n) is 8.27. The molecule has 0 bridgehead atoms. The van der Waals surface area contributed by atoms with E-state index in [1.807, 2.05) is 25.1 Å².